The highest BCUT2D eigenvalue weighted by molar-refractivity contribution is 7.89. The van der Waals surface area contributed by atoms with Crippen molar-refractivity contribution in [2.45, 2.75) is 37.4 Å². The standard InChI is InChI=1S/C21H22ClN3O6S/c1-13-11-23(12-14(2)31-13)32(29,30)20-9-16(4-6-18(20)22)21(26)24-8-7-15-3-5-17(25(27)28)10-19(15)24/h3-6,9-10,13-14H,7-8,11-12H2,1-2H3. The lowest BCUT2D eigenvalue weighted by molar-refractivity contribution is -0.384. The Balaban J connectivity index is 1.68. The maximum Gasteiger partial charge on any atom is 0.271 e. The Kier molecular flexibility index (Phi) is 5.97. The molecule has 170 valence electrons. The Morgan fingerprint density at radius 2 is 1.84 bits per heavy atom. The van der Waals surface area contributed by atoms with Crippen molar-refractivity contribution >= 4 is 38.9 Å². The number of rotatable bonds is 4. The third-order valence-corrected chi connectivity index (χ3v) is 7.92. The van der Waals surface area contributed by atoms with E-state index in [2.05, 4.69) is 0 Å². The number of sulfonamides is 1. The molecule has 0 spiro atoms. The summed E-state index contributed by atoms with van der Waals surface area (Å²) in [5.74, 6) is -0.443. The molecule has 0 saturated carbocycles. The zero-order chi connectivity index (χ0) is 23.2. The van der Waals surface area contributed by atoms with Gasteiger partial charge in [0.1, 0.15) is 4.90 Å². The fourth-order valence-corrected chi connectivity index (χ4v) is 6.24. The van der Waals surface area contributed by atoms with Crippen LogP contribution >= 0.6 is 11.6 Å². The zero-order valence-electron chi connectivity index (χ0n) is 17.5. The Bertz CT molecular complexity index is 1190. The van der Waals surface area contributed by atoms with E-state index in [0.29, 0.717) is 18.7 Å². The summed E-state index contributed by atoms with van der Waals surface area (Å²) in [6, 6.07) is 8.54. The molecule has 2 aromatic rings. The van der Waals surface area contributed by atoms with Gasteiger partial charge < -0.3 is 9.64 Å². The highest BCUT2D eigenvalue weighted by Gasteiger charge is 2.35. The number of halogens is 1. The van der Waals surface area contributed by atoms with Gasteiger partial charge in [0.15, 0.2) is 0 Å². The molecule has 0 aromatic heterocycles. The van der Waals surface area contributed by atoms with Crippen LogP contribution in [0.2, 0.25) is 5.02 Å². The third kappa shape index (κ3) is 4.11. The van der Waals surface area contributed by atoms with Gasteiger partial charge in [-0.05, 0) is 44.0 Å². The number of fused-ring (bicyclic) bond motifs is 1. The van der Waals surface area contributed by atoms with Crippen molar-refractivity contribution in [2.24, 2.45) is 0 Å². The quantitative estimate of drug-likeness (QED) is 0.491. The first-order valence-electron chi connectivity index (χ1n) is 10.1. The monoisotopic (exact) mass is 479 g/mol. The summed E-state index contributed by atoms with van der Waals surface area (Å²) in [7, 11) is -3.96. The first-order valence-corrected chi connectivity index (χ1v) is 11.9. The smallest absolute Gasteiger partial charge is 0.271 e. The topological polar surface area (TPSA) is 110 Å². The summed E-state index contributed by atoms with van der Waals surface area (Å²) in [5.41, 5.74) is 1.31. The normalized spacial score (nSPS) is 21.4. The second-order valence-corrected chi connectivity index (χ2v) is 10.3. The van der Waals surface area contributed by atoms with Crippen molar-refractivity contribution in [1.29, 1.82) is 0 Å². The minimum atomic E-state index is -3.96. The molecule has 2 atom stereocenters. The molecule has 11 heteroatoms. The number of morpholine rings is 1. The van der Waals surface area contributed by atoms with E-state index in [0.717, 1.165) is 5.56 Å². The molecule has 0 bridgehead atoms. The fourth-order valence-electron chi connectivity index (χ4n) is 4.15. The summed E-state index contributed by atoms with van der Waals surface area (Å²) in [6.45, 7) is 4.31. The minimum Gasteiger partial charge on any atom is -0.373 e. The first kappa shape index (κ1) is 22.7. The number of nitrogens with zero attached hydrogens (tertiary/aromatic N) is 3. The molecule has 1 amide bonds. The van der Waals surface area contributed by atoms with Crippen LogP contribution in [0, 0.1) is 10.1 Å². The van der Waals surface area contributed by atoms with Crippen LogP contribution < -0.4 is 4.90 Å². The van der Waals surface area contributed by atoms with Crippen LogP contribution in [0.25, 0.3) is 0 Å². The lowest BCUT2D eigenvalue weighted by atomic mass is 10.1. The van der Waals surface area contributed by atoms with Crippen LogP contribution in [0.15, 0.2) is 41.3 Å². The second-order valence-electron chi connectivity index (χ2n) is 8.00. The average molecular weight is 480 g/mol. The van der Waals surface area contributed by atoms with Gasteiger partial charge >= 0.3 is 0 Å². The third-order valence-electron chi connectivity index (χ3n) is 5.60. The number of ether oxygens (including phenoxy) is 1. The molecule has 2 aromatic carbocycles. The van der Waals surface area contributed by atoms with Crippen molar-refractivity contribution < 1.29 is 22.9 Å². The van der Waals surface area contributed by atoms with Crippen molar-refractivity contribution in [3.8, 4) is 0 Å². The molecule has 9 nitrogen and oxygen atoms in total. The van der Waals surface area contributed by atoms with Crippen molar-refractivity contribution in [1.82, 2.24) is 4.31 Å². The lowest BCUT2D eigenvalue weighted by Gasteiger charge is -2.34. The molecule has 0 N–H and O–H groups in total. The zero-order valence-corrected chi connectivity index (χ0v) is 19.1. The number of anilines is 1. The number of hydrogen-bond donors (Lipinski definition) is 0. The van der Waals surface area contributed by atoms with Gasteiger partial charge in [-0.2, -0.15) is 4.31 Å². The summed E-state index contributed by atoms with van der Waals surface area (Å²) in [6.07, 6.45) is 0.0180. The number of non-ortho nitro benzene ring substituents is 1. The number of nitro benzene ring substituents is 1. The SMILES string of the molecule is CC1CN(S(=O)(=O)c2cc(C(=O)N3CCc4ccc([N+](=O)[O-])cc43)ccc2Cl)CC(C)O1. The molecule has 32 heavy (non-hydrogen) atoms. The van der Waals surface area contributed by atoms with Gasteiger partial charge in [-0.1, -0.05) is 17.7 Å². The van der Waals surface area contributed by atoms with Crippen molar-refractivity contribution in [3.63, 3.8) is 0 Å². The maximum absolute atomic E-state index is 13.3. The summed E-state index contributed by atoms with van der Waals surface area (Å²) in [5, 5.41) is 11.2. The van der Waals surface area contributed by atoms with E-state index < -0.39 is 20.9 Å². The van der Waals surface area contributed by atoms with E-state index in [1.54, 1.807) is 19.9 Å². The Morgan fingerprint density at radius 3 is 2.50 bits per heavy atom. The van der Waals surface area contributed by atoms with Crippen LogP contribution in [-0.4, -0.2) is 55.4 Å². The number of hydrogen-bond acceptors (Lipinski definition) is 6. The van der Waals surface area contributed by atoms with Gasteiger partial charge in [0, 0.05) is 37.3 Å². The van der Waals surface area contributed by atoms with E-state index in [1.807, 2.05) is 0 Å². The van der Waals surface area contributed by atoms with Gasteiger partial charge in [-0.15, -0.1) is 0 Å². The molecule has 2 aliphatic heterocycles. The summed E-state index contributed by atoms with van der Waals surface area (Å²) >= 11 is 6.24. The van der Waals surface area contributed by atoms with E-state index in [-0.39, 0.29) is 46.5 Å². The van der Waals surface area contributed by atoms with Gasteiger partial charge in [-0.25, -0.2) is 8.42 Å². The summed E-state index contributed by atoms with van der Waals surface area (Å²) in [4.78, 5) is 25.2. The largest absolute Gasteiger partial charge is 0.373 e. The number of benzene rings is 2. The molecular formula is C21H22ClN3O6S. The Labute approximate surface area is 190 Å². The highest BCUT2D eigenvalue weighted by Crippen LogP contribution is 2.34. The van der Waals surface area contributed by atoms with Crippen LogP contribution in [0.1, 0.15) is 29.8 Å². The number of carbonyl (C=O) groups excluding carboxylic acids is 1. The molecule has 0 radical (unpaired) electrons. The van der Waals surface area contributed by atoms with Gasteiger partial charge in [0.25, 0.3) is 11.6 Å². The number of nitro groups is 1. The minimum absolute atomic E-state index is 0.0193. The Hall–Kier alpha value is -2.53. The van der Waals surface area contributed by atoms with Crippen LogP contribution in [0.5, 0.6) is 0 Å². The lowest BCUT2D eigenvalue weighted by Crippen LogP contribution is -2.48. The molecule has 4 rings (SSSR count). The van der Waals surface area contributed by atoms with E-state index in [9.17, 15) is 23.3 Å². The molecular weight excluding hydrogens is 458 g/mol. The van der Waals surface area contributed by atoms with E-state index >= 15 is 0 Å². The first-order chi connectivity index (χ1) is 15.1. The number of carbonyl (C=O) groups is 1. The number of amides is 1. The van der Waals surface area contributed by atoms with Crippen LogP contribution in [-0.2, 0) is 21.2 Å². The van der Waals surface area contributed by atoms with E-state index in [4.69, 9.17) is 16.3 Å². The molecule has 2 unspecified atom stereocenters. The van der Waals surface area contributed by atoms with E-state index in [1.165, 1.54) is 39.5 Å². The van der Waals surface area contributed by atoms with Crippen LogP contribution in [0.4, 0.5) is 11.4 Å². The average Bonchev–Trinajstić information content (AvgIpc) is 3.16. The van der Waals surface area contributed by atoms with Crippen molar-refractivity contribution in [2.75, 3.05) is 24.5 Å². The van der Waals surface area contributed by atoms with Gasteiger partial charge in [-0.3, -0.25) is 14.9 Å². The molecule has 1 fully saturated rings. The molecule has 0 aliphatic carbocycles. The van der Waals surface area contributed by atoms with Crippen LogP contribution in [0.3, 0.4) is 0 Å². The highest BCUT2D eigenvalue weighted by atomic mass is 35.5. The molecule has 1 saturated heterocycles. The fraction of sp³-hybridized carbons (Fsp3) is 0.381. The maximum atomic E-state index is 13.3. The molecule has 2 aliphatic rings. The Morgan fingerprint density at radius 1 is 1.16 bits per heavy atom. The van der Waals surface area contributed by atoms with Gasteiger partial charge in [0.2, 0.25) is 10.0 Å². The predicted octanol–water partition coefficient (Wildman–Crippen LogP) is 3.25. The second kappa shape index (κ2) is 8.43. The van der Waals surface area contributed by atoms with Gasteiger partial charge in [0.05, 0.1) is 27.8 Å². The van der Waals surface area contributed by atoms with Crippen molar-refractivity contribution in [3.05, 3.63) is 62.7 Å². The predicted molar refractivity (Wildman–Crippen MR) is 119 cm³/mol. The molecule has 2 heterocycles. The summed E-state index contributed by atoms with van der Waals surface area (Å²) < 4.78 is 33.5.